The molecule has 0 saturated heterocycles. The Morgan fingerprint density at radius 1 is 1.22 bits per heavy atom. The van der Waals surface area contributed by atoms with Crippen LogP contribution in [0.3, 0.4) is 0 Å². The molecule has 2 aromatic rings. The SMILES string of the molecule is CN(C)C(C(=O)NCc1ccc(O)cc1O)c1cccc(F)c1. The lowest BCUT2D eigenvalue weighted by Gasteiger charge is -2.24. The molecule has 3 N–H and O–H groups in total. The Bertz CT molecular complexity index is 704. The van der Waals surface area contributed by atoms with Gasteiger partial charge in [-0.15, -0.1) is 0 Å². The molecule has 0 aliphatic heterocycles. The smallest absolute Gasteiger partial charge is 0.242 e. The molecule has 23 heavy (non-hydrogen) atoms. The maximum absolute atomic E-state index is 13.4. The van der Waals surface area contributed by atoms with Gasteiger partial charge in [0.1, 0.15) is 23.4 Å². The van der Waals surface area contributed by atoms with Crippen molar-refractivity contribution in [2.24, 2.45) is 0 Å². The predicted molar refractivity (Wildman–Crippen MR) is 84.4 cm³/mol. The van der Waals surface area contributed by atoms with Gasteiger partial charge in [0.15, 0.2) is 0 Å². The second kappa shape index (κ2) is 7.11. The summed E-state index contributed by atoms with van der Waals surface area (Å²) in [6, 6.07) is 9.40. The zero-order valence-electron chi connectivity index (χ0n) is 13.0. The number of nitrogens with one attached hydrogen (secondary N) is 1. The van der Waals surface area contributed by atoms with Crippen LogP contribution in [0.1, 0.15) is 17.2 Å². The van der Waals surface area contributed by atoms with Crippen LogP contribution >= 0.6 is 0 Å². The number of amides is 1. The maximum atomic E-state index is 13.4. The first kappa shape index (κ1) is 16.8. The molecule has 0 bridgehead atoms. The molecule has 1 amide bonds. The van der Waals surface area contributed by atoms with Crippen LogP contribution in [0.15, 0.2) is 42.5 Å². The number of halogens is 1. The van der Waals surface area contributed by atoms with Crippen LogP contribution in [0.5, 0.6) is 11.5 Å². The van der Waals surface area contributed by atoms with E-state index < -0.39 is 11.9 Å². The van der Waals surface area contributed by atoms with E-state index in [0.29, 0.717) is 11.1 Å². The Morgan fingerprint density at radius 2 is 1.96 bits per heavy atom. The quantitative estimate of drug-likeness (QED) is 0.790. The number of carbonyl (C=O) groups is 1. The molecule has 1 atom stereocenters. The summed E-state index contributed by atoms with van der Waals surface area (Å²) in [5.74, 6) is -0.868. The van der Waals surface area contributed by atoms with Crippen molar-refractivity contribution in [1.82, 2.24) is 10.2 Å². The van der Waals surface area contributed by atoms with Gasteiger partial charge in [-0.2, -0.15) is 0 Å². The van der Waals surface area contributed by atoms with E-state index in [9.17, 15) is 19.4 Å². The number of nitrogens with zero attached hydrogens (tertiary/aromatic N) is 1. The van der Waals surface area contributed by atoms with Crippen LogP contribution in [0.4, 0.5) is 4.39 Å². The monoisotopic (exact) mass is 318 g/mol. The minimum atomic E-state index is -0.648. The predicted octanol–water partition coefficient (Wildman–Crippen LogP) is 2.16. The highest BCUT2D eigenvalue weighted by Gasteiger charge is 2.23. The standard InChI is InChI=1S/C17H19FN2O3/c1-20(2)16(11-4-3-5-13(18)8-11)17(23)19-10-12-6-7-14(21)9-15(12)22/h3-9,16,21-22H,10H2,1-2H3,(H,19,23). The molecule has 0 saturated carbocycles. The van der Waals surface area contributed by atoms with Crippen molar-refractivity contribution in [3.05, 3.63) is 59.4 Å². The van der Waals surface area contributed by atoms with Gasteiger partial charge in [0.2, 0.25) is 5.91 Å². The molecule has 0 spiro atoms. The van der Waals surface area contributed by atoms with Gasteiger partial charge >= 0.3 is 0 Å². The van der Waals surface area contributed by atoms with Crippen molar-refractivity contribution < 1.29 is 19.4 Å². The summed E-state index contributed by atoms with van der Waals surface area (Å²) in [4.78, 5) is 14.1. The fraction of sp³-hybridized carbons (Fsp3) is 0.235. The van der Waals surface area contributed by atoms with Crippen LogP contribution < -0.4 is 5.32 Å². The van der Waals surface area contributed by atoms with Crippen molar-refractivity contribution in [3.63, 3.8) is 0 Å². The lowest BCUT2D eigenvalue weighted by atomic mass is 10.0. The lowest BCUT2D eigenvalue weighted by Crippen LogP contribution is -2.36. The average Bonchev–Trinajstić information content (AvgIpc) is 2.46. The summed E-state index contributed by atoms with van der Waals surface area (Å²) in [6.07, 6.45) is 0. The van der Waals surface area contributed by atoms with E-state index >= 15 is 0 Å². The van der Waals surface area contributed by atoms with Gasteiger partial charge in [-0.05, 0) is 43.9 Å². The molecule has 0 radical (unpaired) electrons. The van der Waals surface area contributed by atoms with E-state index in [1.807, 2.05) is 0 Å². The number of hydrogen-bond donors (Lipinski definition) is 3. The highest BCUT2D eigenvalue weighted by molar-refractivity contribution is 5.83. The Labute approximate surface area is 134 Å². The Morgan fingerprint density at radius 3 is 2.57 bits per heavy atom. The Balaban J connectivity index is 2.13. The van der Waals surface area contributed by atoms with Crippen molar-refractivity contribution in [3.8, 4) is 11.5 Å². The van der Waals surface area contributed by atoms with Crippen LogP contribution in [-0.2, 0) is 11.3 Å². The van der Waals surface area contributed by atoms with Crippen molar-refractivity contribution >= 4 is 5.91 Å². The number of likely N-dealkylation sites (N-methyl/N-ethyl adjacent to an activating group) is 1. The molecule has 0 aliphatic carbocycles. The van der Waals surface area contributed by atoms with Gasteiger partial charge in [-0.1, -0.05) is 12.1 Å². The molecular weight excluding hydrogens is 299 g/mol. The van der Waals surface area contributed by atoms with Crippen molar-refractivity contribution in [2.45, 2.75) is 12.6 Å². The normalized spacial score (nSPS) is 12.2. The van der Waals surface area contributed by atoms with Crippen LogP contribution in [0.2, 0.25) is 0 Å². The summed E-state index contributed by atoms with van der Waals surface area (Å²) < 4.78 is 13.4. The third kappa shape index (κ3) is 4.20. The van der Waals surface area contributed by atoms with Gasteiger partial charge in [-0.3, -0.25) is 9.69 Å². The van der Waals surface area contributed by atoms with Crippen molar-refractivity contribution in [1.29, 1.82) is 0 Å². The Kier molecular flexibility index (Phi) is 5.18. The lowest BCUT2D eigenvalue weighted by molar-refractivity contribution is -0.125. The topological polar surface area (TPSA) is 72.8 Å². The summed E-state index contributed by atoms with van der Waals surface area (Å²) in [7, 11) is 3.46. The average molecular weight is 318 g/mol. The zero-order valence-corrected chi connectivity index (χ0v) is 13.0. The molecule has 6 heteroatoms. The van der Waals surface area contributed by atoms with Gasteiger partial charge in [0.25, 0.3) is 0 Å². The second-order valence-corrected chi connectivity index (χ2v) is 5.45. The molecule has 5 nitrogen and oxygen atoms in total. The van der Waals surface area contributed by atoms with E-state index in [1.165, 1.54) is 30.3 Å². The molecule has 2 aromatic carbocycles. The summed E-state index contributed by atoms with van der Waals surface area (Å²) in [6.45, 7) is 0.102. The number of phenolic OH excluding ortho intramolecular Hbond substituents is 2. The molecule has 0 heterocycles. The minimum absolute atomic E-state index is 0.0523. The van der Waals surface area contributed by atoms with E-state index in [0.717, 1.165) is 0 Å². The van der Waals surface area contributed by atoms with Gasteiger partial charge < -0.3 is 15.5 Å². The van der Waals surface area contributed by atoms with Gasteiger partial charge in [0.05, 0.1) is 0 Å². The highest BCUT2D eigenvalue weighted by Crippen LogP contribution is 2.23. The van der Waals surface area contributed by atoms with E-state index in [4.69, 9.17) is 0 Å². The number of carbonyl (C=O) groups excluding carboxylic acids is 1. The molecule has 0 aromatic heterocycles. The number of benzene rings is 2. The van der Waals surface area contributed by atoms with Crippen molar-refractivity contribution in [2.75, 3.05) is 14.1 Å². The van der Waals surface area contributed by atoms with E-state index in [-0.39, 0.29) is 24.0 Å². The van der Waals surface area contributed by atoms with E-state index in [1.54, 1.807) is 31.1 Å². The number of phenols is 2. The number of rotatable bonds is 5. The van der Waals surface area contributed by atoms with Gasteiger partial charge in [-0.25, -0.2) is 4.39 Å². The third-order valence-corrected chi connectivity index (χ3v) is 3.45. The molecule has 122 valence electrons. The highest BCUT2D eigenvalue weighted by atomic mass is 19.1. The van der Waals surface area contributed by atoms with E-state index in [2.05, 4.69) is 5.32 Å². The largest absolute Gasteiger partial charge is 0.508 e. The molecule has 0 fully saturated rings. The molecule has 1 unspecified atom stereocenters. The first-order chi connectivity index (χ1) is 10.9. The third-order valence-electron chi connectivity index (χ3n) is 3.45. The first-order valence-corrected chi connectivity index (χ1v) is 7.09. The first-order valence-electron chi connectivity index (χ1n) is 7.09. The zero-order chi connectivity index (χ0) is 17.0. The van der Waals surface area contributed by atoms with Crippen LogP contribution in [0, 0.1) is 5.82 Å². The fourth-order valence-electron chi connectivity index (χ4n) is 2.34. The van der Waals surface area contributed by atoms with Crippen LogP contribution in [-0.4, -0.2) is 35.1 Å². The molecule has 0 aliphatic rings. The maximum Gasteiger partial charge on any atom is 0.242 e. The van der Waals surface area contributed by atoms with Crippen LogP contribution in [0.25, 0.3) is 0 Å². The summed E-state index contributed by atoms with van der Waals surface area (Å²) in [5.41, 5.74) is 1.02. The Hall–Kier alpha value is -2.60. The fourth-order valence-corrected chi connectivity index (χ4v) is 2.34. The summed E-state index contributed by atoms with van der Waals surface area (Å²) >= 11 is 0. The minimum Gasteiger partial charge on any atom is -0.508 e. The van der Waals surface area contributed by atoms with Gasteiger partial charge in [0, 0.05) is 18.2 Å². The second-order valence-electron chi connectivity index (χ2n) is 5.45. The summed E-state index contributed by atoms with van der Waals surface area (Å²) in [5, 5.41) is 21.7. The molecular formula is C17H19FN2O3. The number of hydrogen-bond acceptors (Lipinski definition) is 4. The molecule has 2 rings (SSSR count). The number of aromatic hydroxyl groups is 2.